The Morgan fingerprint density at radius 3 is 2.68 bits per heavy atom. The van der Waals surface area contributed by atoms with Crippen LogP contribution < -0.4 is 10.2 Å². The van der Waals surface area contributed by atoms with E-state index < -0.39 is 5.54 Å². The summed E-state index contributed by atoms with van der Waals surface area (Å²) in [5.74, 6) is -0.00730. The van der Waals surface area contributed by atoms with Crippen LogP contribution in [-0.4, -0.2) is 29.5 Å². The average Bonchev–Trinajstić information content (AvgIpc) is 3.29. The lowest BCUT2D eigenvalue weighted by atomic mass is 9.93. The number of carbonyl (C=O) groups is 1. The van der Waals surface area contributed by atoms with Crippen molar-refractivity contribution in [2.24, 2.45) is 5.92 Å². The molecule has 0 spiro atoms. The smallest absolute Gasteiger partial charge is 0.298 e. The van der Waals surface area contributed by atoms with E-state index in [1.807, 2.05) is 24.3 Å². The van der Waals surface area contributed by atoms with Crippen molar-refractivity contribution >= 4 is 23.0 Å². The van der Waals surface area contributed by atoms with Gasteiger partial charge in [-0.3, -0.25) is 4.79 Å². The lowest BCUT2D eigenvalue weighted by Gasteiger charge is -2.32. The molecular formula is C19H22N4O2. The van der Waals surface area contributed by atoms with Gasteiger partial charge in [-0.05, 0) is 50.7 Å². The molecule has 1 N–H and O–H groups in total. The first-order chi connectivity index (χ1) is 12.2. The number of hydrogen-bond acceptors (Lipinski definition) is 5. The van der Waals surface area contributed by atoms with Gasteiger partial charge in [0.25, 0.3) is 6.01 Å². The van der Waals surface area contributed by atoms with Gasteiger partial charge in [0.1, 0.15) is 11.1 Å². The molecule has 1 saturated carbocycles. The summed E-state index contributed by atoms with van der Waals surface area (Å²) in [6.07, 6.45) is 5.10. The van der Waals surface area contributed by atoms with Gasteiger partial charge in [0.15, 0.2) is 5.58 Å². The van der Waals surface area contributed by atoms with Gasteiger partial charge in [0.2, 0.25) is 5.91 Å². The molecule has 4 rings (SSSR count). The molecule has 2 heterocycles. The Morgan fingerprint density at radius 1 is 1.28 bits per heavy atom. The summed E-state index contributed by atoms with van der Waals surface area (Å²) >= 11 is 0. The number of nitriles is 1. The summed E-state index contributed by atoms with van der Waals surface area (Å²) in [4.78, 5) is 19.2. The first-order valence-electron chi connectivity index (χ1n) is 9.03. The molecule has 1 aliphatic carbocycles. The second kappa shape index (κ2) is 6.40. The van der Waals surface area contributed by atoms with Crippen molar-refractivity contribution < 1.29 is 9.21 Å². The molecule has 6 heteroatoms. The van der Waals surface area contributed by atoms with Gasteiger partial charge in [0, 0.05) is 19.0 Å². The highest BCUT2D eigenvalue weighted by molar-refractivity contribution is 5.80. The molecule has 1 aromatic heterocycles. The number of piperidine rings is 1. The van der Waals surface area contributed by atoms with Crippen LogP contribution in [0.4, 0.5) is 6.01 Å². The van der Waals surface area contributed by atoms with Crippen molar-refractivity contribution in [3.63, 3.8) is 0 Å². The molecular weight excluding hydrogens is 316 g/mol. The van der Waals surface area contributed by atoms with E-state index in [1.54, 1.807) is 0 Å². The van der Waals surface area contributed by atoms with E-state index in [1.165, 1.54) is 0 Å². The van der Waals surface area contributed by atoms with Crippen LogP contribution in [0.1, 0.15) is 38.5 Å². The highest BCUT2D eigenvalue weighted by Gasteiger charge is 2.38. The predicted octanol–water partition coefficient (Wildman–Crippen LogP) is 3.00. The van der Waals surface area contributed by atoms with E-state index in [9.17, 15) is 10.1 Å². The van der Waals surface area contributed by atoms with Crippen LogP contribution in [0.2, 0.25) is 0 Å². The number of oxazole rings is 1. The maximum Gasteiger partial charge on any atom is 0.298 e. The summed E-state index contributed by atoms with van der Waals surface area (Å²) in [7, 11) is 0. The van der Waals surface area contributed by atoms with Crippen molar-refractivity contribution in [1.29, 1.82) is 5.26 Å². The van der Waals surface area contributed by atoms with E-state index in [0.717, 1.165) is 62.7 Å². The summed E-state index contributed by atoms with van der Waals surface area (Å²) in [5.41, 5.74) is 1.01. The van der Waals surface area contributed by atoms with Gasteiger partial charge >= 0.3 is 0 Å². The second-order valence-electron chi connectivity index (χ2n) is 7.12. The van der Waals surface area contributed by atoms with Crippen LogP contribution in [0.15, 0.2) is 28.7 Å². The van der Waals surface area contributed by atoms with E-state index in [-0.39, 0.29) is 11.8 Å². The van der Waals surface area contributed by atoms with Gasteiger partial charge < -0.3 is 14.6 Å². The monoisotopic (exact) mass is 338 g/mol. The van der Waals surface area contributed by atoms with Crippen LogP contribution in [0.5, 0.6) is 0 Å². The molecule has 2 aliphatic rings. The molecule has 1 aliphatic heterocycles. The van der Waals surface area contributed by atoms with Gasteiger partial charge in [-0.2, -0.15) is 10.2 Å². The number of nitrogens with one attached hydrogen (secondary N) is 1. The largest absolute Gasteiger partial charge is 0.423 e. The van der Waals surface area contributed by atoms with Crippen molar-refractivity contribution in [3.05, 3.63) is 24.3 Å². The fourth-order valence-electron chi connectivity index (χ4n) is 3.91. The third kappa shape index (κ3) is 3.07. The number of hydrogen-bond donors (Lipinski definition) is 1. The molecule has 0 atom stereocenters. The zero-order valence-electron chi connectivity index (χ0n) is 14.2. The minimum absolute atomic E-state index is 0.0284. The topological polar surface area (TPSA) is 82.2 Å². The quantitative estimate of drug-likeness (QED) is 0.930. The van der Waals surface area contributed by atoms with Crippen LogP contribution in [0.3, 0.4) is 0 Å². The Hall–Kier alpha value is -2.55. The van der Waals surface area contributed by atoms with Gasteiger partial charge in [-0.15, -0.1) is 0 Å². The molecule has 0 bridgehead atoms. The molecule has 0 unspecified atom stereocenters. The molecule has 1 aromatic carbocycles. The molecule has 2 aromatic rings. The highest BCUT2D eigenvalue weighted by atomic mass is 16.4. The van der Waals surface area contributed by atoms with Gasteiger partial charge in [-0.25, -0.2) is 0 Å². The Bertz CT molecular complexity index is 775. The summed E-state index contributed by atoms with van der Waals surface area (Å²) in [5, 5.41) is 12.5. The SMILES string of the molecule is N#CC1(NC(=O)C2CCN(c3nc4ccccc4o3)CC2)CCCC1. The zero-order chi connectivity index (χ0) is 17.3. The third-order valence-corrected chi connectivity index (χ3v) is 5.45. The van der Waals surface area contributed by atoms with Crippen LogP contribution in [-0.2, 0) is 4.79 Å². The number of nitrogens with zero attached hydrogens (tertiary/aromatic N) is 3. The third-order valence-electron chi connectivity index (χ3n) is 5.45. The zero-order valence-corrected chi connectivity index (χ0v) is 14.2. The van der Waals surface area contributed by atoms with E-state index in [4.69, 9.17) is 4.42 Å². The summed E-state index contributed by atoms with van der Waals surface area (Å²) in [6.45, 7) is 1.48. The normalized spacial score (nSPS) is 20.5. The van der Waals surface area contributed by atoms with Crippen molar-refractivity contribution in [2.75, 3.05) is 18.0 Å². The minimum atomic E-state index is -0.630. The Kier molecular flexibility index (Phi) is 4.08. The Balaban J connectivity index is 1.38. The van der Waals surface area contributed by atoms with Crippen molar-refractivity contribution in [2.45, 2.75) is 44.1 Å². The van der Waals surface area contributed by atoms with Crippen molar-refractivity contribution in [3.8, 4) is 6.07 Å². The fraction of sp³-hybridized carbons (Fsp3) is 0.526. The first kappa shape index (κ1) is 15.9. The maximum atomic E-state index is 12.6. The predicted molar refractivity (Wildman–Crippen MR) is 93.9 cm³/mol. The number of benzene rings is 1. The highest BCUT2D eigenvalue weighted by Crippen LogP contribution is 2.31. The Labute approximate surface area is 146 Å². The molecule has 2 fully saturated rings. The number of aromatic nitrogens is 1. The molecule has 6 nitrogen and oxygen atoms in total. The van der Waals surface area contributed by atoms with E-state index in [2.05, 4.69) is 21.3 Å². The molecule has 130 valence electrons. The number of para-hydroxylation sites is 2. The number of fused-ring (bicyclic) bond motifs is 1. The number of rotatable bonds is 3. The van der Waals surface area contributed by atoms with Crippen LogP contribution >= 0.6 is 0 Å². The van der Waals surface area contributed by atoms with E-state index in [0.29, 0.717) is 6.01 Å². The summed E-state index contributed by atoms with van der Waals surface area (Å²) < 4.78 is 5.82. The van der Waals surface area contributed by atoms with Crippen molar-refractivity contribution in [1.82, 2.24) is 10.3 Å². The minimum Gasteiger partial charge on any atom is -0.423 e. The van der Waals surface area contributed by atoms with Crippen LogP contribution in [0.25, 0.3) is 11.1 Å². The maximum absolute atomic E-state index is 12.6. The van der Waals surface area contributed by atoms with E-state index >= 15 is 0 Å². The first-order valence-corrected chi connectivity index (χ1v) is 9.03. The second-order valence-corrected chi connectivity index (χ2v) is 7.12. The molecule has 0 radical (unpaired) electrons. The summed E-state index contributed by atoms with van der Waals surface area (Å²) in [6, 6.07) is 10.7. The molecule has 1 amide bonds. The van der Waals surface area contributed by atoms with Gasteiger partial charge in [0.05, 0.1) is 6.07 Å². The molecule has 25 heavy (non-hydrogen) atoms. The fourth-order valence-corrected chi connectivity index (χ4v) is 3.91. The lowest BCUT2D eigenvalue weighted by molar-refractivity contribution is -0.127. The molecule has 1 saturated heterocycles. The average molecular weight is 338 g/mol. The standard InChI is InChI=1S/C19H22N4O2/c20-13-19(9-3-4-10-19)22-17(24)14-7-11-23(12-8-14)18-21-15-5-1-2-6-16(15)25-18/h1-2,5-6,14H,3-4,7-12H2,(H,22,24). The number of anilines is 1. The number of carbonyl (C=O) groups excluding carboxylic acids is 1. The van der Waals surface area contributed by atoms with Gasteiger partial charge in [-0.1, -0.05) is 12.1 Å². The van der Waals surface area contributed by atoms with Crippen LogP contribution in [0, 0.1) is 17.2 Å². The Morgan fingerprint density at radius 2 is 2.00 bits per heavy atom. The number of amides is 1. The lowest BCUT2D eigenvalue weighted by Crippen LogP contribution is -2.49.